The van der Waals surface area contributed by atoms with Crippen LogP contribution in [0.1, 0.15) is 45.4 Å². The lowest BCUT2D eigenvalue weighted by Gasteiger charge is -2.17. The second kappa shape index (κ2) is 9.41. The van der Waals surface area contributed by atoms with Gasteiger partial charge in [-0.15, -0.1) is 0 Å². The molecule has 1 aromatic heterocycles. The van der Waals surface area contributed by atoms with Crippen LogP contribution in [0.15, 0.2) is 24.3 Å². The Bertz CT molecular complexity index is 892. The Balaban J connectivity index is 2.18. The minimum Gasteiger partial charge on any atom is -0.465 e. The van der Waals surface area contributed by atoms with Crippen molar-refractivity contribution in [1.29, 1.82) is 0 Å². The highest BCUT2D eigenvalue weighted by Crippen LogP contribution is 2.23. The van der Waals surface area contributed by atoms with Gasteiger partial charge in [0.25, 0.3) is 5.91 Å². The maximum atomic E-state index is 12.9. The molecule has 8 heteroatoms. The van der Waals surface area contributed by atoms with E-state index in [0.29, 0.717) is 39.6 Å². The van der Waals surface area contributed by atoms with Gasteiger partial charge >= 0.3 is 5.97 Å². The second-order valence-electron chi connectivity index (χ2n) is 6.44. The fourth-order valence-corrected chi connectivity index (χ4v) is 3.17. The molecule has 0 atom stereocenters. The molecule has 0 saturated heterocycles. The Morgan fingerprint density at radius 2 is 2.00 bits per heavy atom. The molecule has 0 radical (unpaired) electrons. The van der Waals surface area contributed by atoms with Crippen LogP contribution in [0, 0.1) is 6.92 Å². The van der Waals surface area contributed by atoms with Crippen molar-refractivity contribution >= 4 is 35.1 Å². The van der Waals surface area contributed by atoms with E-state index in [4.69, 9.17) is 16.3 Å². The highest BCUT2D eigenvalue weighted by atomic mass is 35.5. The summed E-state index contributed by atoms with van der Waals surface area (Å²) in [4.78, 5) is 41.6. The summed E-state index contributed by atoms with van der Waals surface area (Å²) >= 11 is 5.91. The molecular formula is C20H24ClN3O4. The molecule has 0 spiro atoms. The summed E-state index contributed by atoms with van der Waals surface area (Å²) in [5.41, 5.74) is 2.41. The number of aromatic nitrogens is 1. The smallest absolute Gasteiger partial charge is 0.339 e. The SMILES string of the molecule is CCCc1c(C(=O)N(C)CC(=O)Nc2cccc(Cl)c2)[nH]c(C)c1C(=O)OC. The number of halogens is 1. The number of anilines is 1. The number of benzene rings is 1. The molecule has 2 aromatic rings. The molecule has 7 nitrogen and oxygen atoms in total. The summed E-state index contributed by atoms with van der Waals surface area (Å²) < 4.78 is 4.84. The highest BCUT2D eigenvalue weighted by Gasteiger charge is 2.27. The third-order valence-corrected chi connectivity index (χ3v) is 4.47. The molecule has 2 amide bonds. The van der Waals surface area contributed by atoms with Crippen molar-refractivity contribution in [2.45, 2.75) is 26.7 Å². The maximum absolute atomic E-state index is 12.9. The van der Waals surface area contributed by atoms with Crippen LogP contribution in [0.2, 0.25) is 5.02 Å². The Morgan fingerprint density at radius 1 is 1.29 bits per heavy atom. The van der Waals surface area contributed by atoms with Gasteiger partial charge in [-0.25, -0.2) is 4.79 Å². The van der Waals surface area contributed by atoms with Crippen LogP contribution in [0.25, 0.3) is 0 Å². The number of methoxy groups -OCH3 is 1. The number of hydrogen-bond donors (Lipinski definition) is 2. The third-order valence-electron chi connectivity index (χ3n) is 4.23. The van der Waals surface area contributed by atoms with Gasteiger partial charge in [0, 0.05) is 23.5 Å². The fourth-order valence-electron chi connectivity index (χ4n) is 2.98. The van der Waals surface area contributed by atoms with Crippen LogP contribution in [0.5, 0.6) is 0 Å². The average Bonchev–Trinajstić information content (AvgIpc) is 2.96. The summed E-state index contributed by atoms with van der Waals surface area (Å²) in [7, 11) is 2.84. The summed E-state index contributed by atoms with van der Waals surface area (Å²) in [5.74, 6) is -1.22. The summed E-state index contributed by atoms with van der Waals surface area (Å²) in [6.07, 6.45) is 1.29. The van der Waals surface area contributed by atoms with Crippen LogP contribution >= 0.6 is 11.6 Å². The van der Waals surface area contributed by atoms with E-state index in [0.717, 1.165) is 6.42 Å². The van der Waals surface area contributed by atoms with E-state index in [2.05, 4.69) is 10.3 Å². The molecule has 150 valence electrons. The third kappa shape index (κ3) is 4.92. The number of amides is 2. The number of likely N-dealkylation sites (N-methyl/N-ethyl adjacent to an activating group) is 1. The molecule has 2 N–H and O–H groups in total. The maximum Gasteiger partial charge on any atom is 0.339 e. The number of nitrogens with one attached hydrogen (secondary N) is 2. The topological polar surface area (TPSA) is 91.5 Å². The van der Waals surface area contributed by atoms with Crippen molar-refractivity contribution in [1.82, 2.24) is 9.88 Å². The number of nitrogens with zero attached hydrogens (tertiary/aromatic N) is 1. The number of H-pyrrole nitrogens is 1. The van der Waals surface area contributed by atoms with E-state index in [-0.39, 0.29) is 18.4 Å². The van der Waals surface area contributed by atoms with Crippen molar-refractivity contribution in [3.05, 3.63) is 51.8 Å². The summed E-state index contributed by atoms with van der Waals surface area (Å²) in [6, 6.07) is 6.76. The molecule has 0 aliphatic rings. The van der Waals surface area contributed by atoms with Crippen molar-refractivity contribution in [2.75, 3.05) is 26.0 Å². The molecule has 2 rings (SSSR count). The quantitative estimate of drug-likeness (QED) is 0.690. The Labute approximate surface area is 169 Å². The zero-order valence-corrected chi connectivity index (χ0v) is 17.1. The van der Waals surface area contributed by atoms with Crippen LogP contribution < -0.4 is 5.32 Å². The van der Waals surface area contributed by atoms with Crippen LogP contribution in [-0.4, -0.2) is 48.4 Å². The van der Waals surface area contributed by atoms with Gasteiger partial charge in [0.15, 0.2) is 0 Å². The van der Waals surface area contributed by atoms with Gasteiger partial charge in [0.1, 0.15) is 5.69 Å². The molecule has 0 aliphatic carbocycles. The molecule has 0 aliphatic heterocycles. The minimum atomic E-state index is -0.488. The van der Waals surface area contributed by atoms with Gasteiger partial charge < -0.3 is 19.9 Å². The monoisotopic (exact) mass is 405 g/mol. The first kappa shape index (κ1) is 21.5. The lowest BCUT2D eigenvalue weighted by atomic mass is 10.0. The number of hydrogen-bond acceptors (Lipinski definition) is 4. The number of carbonyl (C=O) groups is 3. The van der Waals surface area contributed by atoms with E-state index in [1.807, 2.05) is 6.92 Å². The highest BCUT2D eigenvalue weighted by molar-refractivity contribution is 6.30. The zero-order valence-electron chi connectivity index (χ0n) is 16.4. The lowest BCUT2D eigenvalue weighted by molar-refractivity contribution is -0.116. The van der Waals surface area contributed by atoms with Crippen molar-refractivity contribution < 1.29 is 19.1 Å². The Hall–Kier alpha value is -2.80. The number of aryl methyl sites for hydroxylation is 1. The van der Waals surface area contributed by atoms with Gasteiger partial charge in [-0.05, 0) is 37.1 Å². The number of carbonyl (C=O) groups excluding carboxylic acids is 3. The molecule has 0 bridgehead atoms. The first-order valence-electron chi connectivity index (χ1n) is 8.89. The van der Waals surface area contributed by atoms with Crippen molar-refractivity contribution in [2.24, 2.45) is 0 Å². The standard InChI is InChI=1S/C20H24ClN3O4/c1-5-7-15-17(20(27)28-4)12(2)22-18(15)19(26)24(3)11-16(25)23-14-9-6-8-13(21)10-14/h6,8-10,22H,5,7,11H2,1-4H3,(H,23,25). The predicted octanol–water partition coefficient (Wildman–Crippen LogP) is 3.43. The predicted molar refractivity (Wildman–Crippen MR) is 108 cm³/mol. The molecular weight excluding hydrogens is 382 g/mol. The van der Waals surface area contributed by atoms with Gasteiger partial charge in [0.05, 0.1) is 19.2 Å². The van der Waals surface area contributed by atoms with Gasteiger partial charge in [-0.1, -0.05) is 31.0 Å². The zero-order chi connectivity index (χ0) is 20.8. The number of aromatic amines is 1. The molecule has 0 unspecified atom stereocenters. The first-order valence-corrected chi connectivity index (χ1v) is 9.26. The van der Waals surface area contributed by atoms with Crippen LogP contribution in [0.3, 0.4) is 0 Å². The second-order valence-corrected chi connectivity index (χ2v) is 6.88. The number of rotatable bonds is 7. The fraction of sp³-hybridized carbons (Fsp3) is 0.350. The van der Waals surface area contributed by atoms with Gasteiger partial charge in [-0.3, -0.25) is 9.59 Å². The van der Waals surface area contributed by atoms with E-state index < -0.39 is 5.97 Å². The van der Waals surface area contributed by atoms with Gasteiger partial charge in [0.2, 0.25) is 5.91 Å². The minimum absolute atomic E-state index is 0.150. The molecule has 1 heterocycles. The van der Waals surface area contributed by atoms with Crippen LogP contribution in [-0.2, 0) is 16.0 Å². The first-order chi connectivity index (χ1) is 13.3. The van der Waals surface area contributed by atoms with E-state index >= 15 is 0 Å². The Morgan fingerprint density at radius 3 is 2.61 bits per heavy atom. The summed E-state index contributed by atoms with van der Waals surface area (Å²) in [5, 5.41) is 3.21. The molecule has 28 heavy (non-hydrogen) atoms. The molecule has 0 fully saturated rings. The van der Waals surface area contributed by atoms with E-state index in [9.17, 15) is 14.4 Å². The molecule has 1 aromatic carbocycles. The lowest BCUT2D eigenvalue weighted by Crippen LogP contribution is -2.35. The van der Waals surface area contributed by atoms with E-state index in [1.165, 1.54) is 19.1 Å². The summed E-state index contributed by atoms with van der Waals surface area (Å²) in [6.45, 7) is 3.52. The average molecular weight is 406 g/mol. The largest absolute Gasteiger partial charge is 0.465 e. The number of esters is 1. The number of ether oxygens (including phenoxy) is 1. The van der Waals surface area contributed by atoms with Crippen molar-refractivity contribution in [3.8, 4) is 0 Å². The van der Waals surface area contributed by atoms with E-state index in [1.54, 1.807) is 31.2 Å². The molecule has 0 saturated carbocycles. The van der Waals surface area contributed by atoms with Crippen molar-refractivity contribution in [3.63, 3.8) is 0 Å². The normalized spacial score (nSPS) is 10.5. The Kier molecular flexibility index (Phi) is 7.23. The van der Waals surface area contributed by atoms with Gasteiger partial charge in [-0.2, -0.15) is 0 Å². The van der Waals surface area contributed by atoms with Crippen LogP contribution in [0.4, 0.5) is 5.69 Å².